The van der Waals surface area contributed by atoms with Gasteiger partial charge in [0.15, 0.2) is 5.78 Å². The van der Waals surface area contributed by atoms with Gasteiger partial charge in [-0.15, -0.1) is 0 Å². The molecule has 0 bridgehead atoms. The SMILES string of the molecule is CC1=C(CCCCCCCCCCCCCCC#N)C(C)(C)CC1=O. The first kappa shape index (κ1) is 21.9. The van der Waals surface area contributed by atoms with E-state index in [0.717, 1.165) is 24.8 Å². The molecule has 0 aliphatic heterocycles. The molecule has 1 aliphatic rings. The minimum Gasteiger partial charge on any atom is -0.295 e. The highest BCUT2D eigenvalue weighted by Crippen LogP contribution is 2.42. The normalized spacial score (nSPS) is 16.5. The zero-order valence-electron chi connectivity index (χ0n) is 17.0. The Morgan fingerprint density at radius 1 is 0.840 bits per heavy atom. The minimum absolute atomic E-state index is 0.107. The smallest absolute Gasteiger partial charge is 0.159 e. The van der Waals surface area contributed by atoms with Gasteiger partial charge < -0.3 is 0 Å². The summed E-state index contributed by atoms with van der Waals surface area (Å²) < 4.78 is 0. The Hall–Kier alpha value is -1.10. The monoisotopic (exact) mass is 345 g/mol. The molecular formula is C23H39NO. The van der Waals surface area contributed by atoms with Crippen molar-refractivity contribution < 1.29 is 4.79 Å². The van der Waals surface area contributed by atoms with Gasteiger partial charge in [-0.25, -0.2) is 0 Å². The Balaban J connectivity index is 1.91. The standard InChI is InChI=1S/C23H39NO/c1-20-21(23(2,3)19-22(20)25)17-15-13-11-9-7-5-4-6-8-10-12-14-16-18-24/h4-17,19H2,1-3H3. The average Bonchev–Trinajstić information content (AvgIpc) is 2.76. The predicted octanol–water partition coefficient (Wildman–Crippen LogP) is 7.29. The van der Waals surface area contributed by atoms with Gasteiger partial charge in [0.05, 0.1) is 6.07 Å². The third kappa shape index (κ3) is 8.70. The summed E-state index contributed by atoms with van der Waals surface area (Å²) in [7, 11) is 0. The Morgan fingerprint density at radius 2 is 1.28 bits per heavy atom. The van der Waals surface area contributed by atoms with Crippen LogP contribution in [0.15, 0.2) is 11.1 Å². The molecule has 1 aliphatic carbocycles. The maximum Gasteiger partial charge on any atom is 0.159 e. The maximum absolute atomic E-state index is 11.9. The van der Waals surface area contributed by atoms with Crippen LogP contribution >= 0.6 is 0 Å². The van der Waals surface area contributed by atoms with Gasteiger partial charge in [0.2, 0.25) is 0 Å². The maximum atomic E-state index is 11.9. The molecule has 0 aromatic carbocycles. The second-order valence-corrected chi connectivity index (χ2v) is 8.49. The third-order valence-electron chi connectivity index (χ3n) is 5.76. The van der Waals surface area contributed by atoms with Crippen molar-refractivity contribution >= 4 is 5.78 Å². The molecule has 0 fully saturated rings. The highest BCUT2D eigenvalue weighted by atomic mass is 16.1. The van der Waals surface area contributed by atoms with E-state index >= 15 is 0 Å². The van der Waals surface area contributed by atoms with Crippen LogP contribution in [-0.4, -0.2) is 5.78 Å². The van der Waals surface area contributed by atoms with Crippen LogP contribution in [0.2, 0.25) is 0 Å². The fourth-order valence-corrected chi connectivity index (χ4v) is 4.12. The fraction of sp³-hybridized carbons (Fsp3) is 0.826. The van der Waals surface area contributed by atoms with E-state index in [1.165, 1.54) is 76.2 Å². The number of nitriles is 1. The quantitative estimate of drug-likeness (QED) is 0.310. The summed E-state index contributed by atoms with van der Waals surface area (Å²) in [5.41, 5.74) is 2.58. The molecule has 1 rings (SSSR count). The summed E-state index contributed by atoms with van der Waals surface area (Å²) in [6.07, 6.45) is 18.3. The number of rotatable bonds is 14. The third-order valence-corrected chi connectivity index (χ3v) is 5.76. The van der Waals surface area contributed by atoms with Crippen molar-refractivity contribution in [1.29, 1.82) is 5.26 Å². The van der Waals surface area contributed by atoms with E-state index in [2.05, 4.69) is 19.9 Å². The number of allylic oxidation sites excluding steroid dienone is 2. The van der Waals surface area contributed by atoms with Gasteiger partial charge in [-0.05, 0) is 37.2 Å². The molecule has 0 saturated carbocycles. The van der Waals surface area contributed by atoms with E-state index < -0.39 is 0 Å². The summed E-state index contributed by atoms with van der Waals surface area (Å²) in [4.78, 5) is 11.9. The van der Waals surface area contributed by atoms with Crippen LogP contribution in [0.4, 0.5) is 0 Å². The molecule has 0 spiro atoms. The largest absolute Gasteiger partial charge is 0.295 e. The average molecular weight is 346 g/mol. The molecule has 0 aromatic rings. The second kappa shape index (κ2) is 12.3. The van der Waals surface area contributed by atoms with Crippen LogP contribution in [0.3, 0.4) is 0 Å². The Morgan fingerprint density at radius 3 is 1.68 bits per heavy atom. The van der Waals surface area contributed by atoms with Crippen molar-refractivity contribution in [3.05, 3.63) is 11.1 Å². The van der Waals surface area contributed by atoms with Crippen molar-refractivity contribution in [2.24, 2.45) is 5.41 Å². The number of Topliss-reactive ketones (excluding diaryl/α,β-unsaturated/α-hetero) is 1. The zero-order chi connectivity index (χ0) is 18.5. The van der Waals surface area contributed by atoms with Gasteiger partial charge in [-0.3, -0.25) is 4.79 Å². The Kier molecular flexibility index (Phi) is 10.8. The topological polar surface area (TPSA) is 40.9 Å². The van der Waals surface area contributed by atoms with Crippen molar-refractivity contribution in [2.75, 3.05) is 0 Å². The van der Waals surface area contributed by atoms with E-state index in [1.54, 1.807) is 0 Å². The molecule has 0 amide bonds. The summed E-state index contributed by atoms with van der Waals surface area (Å²) in [6, 6.07) is 2.21. The molecule has 0 unspecified atom stereocenters. The predicted molar refractivity (Wildman–Crippen MR) is 106 cm³/mol. The molecule has 2 nitrogen and oxygen atoms in total. The van der Waals surface area contributed by atoms with Crippen LogP contribution in [0.1, 0.15) is 117 Å². The number of carbonyl (C=O) groups is 1. The van der Waals surface area contributed by atoms with E-state index in [9.17, 15) is 4.79 Å². The number of unbranched alkanes of at least 4 members (excludes halogenated alkanes) is 12. The molecule has 2 heteroatoms. The summed E-state index contributed by atoms with van der Waals surface area (Å²) in [5.74, 6) is 0.366. The van der Waals surface area contributed by atoms with Gasteiger partial charge in [0.25, 0.3) is 0 Å². The van der Waals surface area contributed by atoms with Crippen LogP contribution in [0.25, 0.3) is 0 Å². The van der Waals surface area contributed by atoms with Gasteiger partial charge >= 0.3 is 0 Å². The van der Waals surface area contributed by atoms with Gasteiger partial charge in [0, 0.05) is 12.8 Å². The van der Waals surface area contributed by atoms with E-state index in [-0.39, 0.29) is 5.41 Å². The number of hydrogen-bond acceptors (Lipinski definition) is 2. The van der Waals surface area contributed by atoms with Crippen LogP contribution in [0, 0.1) is 16.7 Å². The fourth-order valence-electron chi connectivity index (χ4n) is 4.12. The molecule has 25 heavy (non-hydrogen) atoms. The van der Waals surface area contributed by atoms with Crippen LogP contribution in [0.5, 0.6) is 0 Å². The van der Waals surface area contributed by atoms with Gasteiger partial charge in [-0.2, -0.15) is 5.26 Å². The van der Waals surface area contributed by atoms with Crippen molar-refractivity contribution in [2.45, 2.75) is 117 Å². The molecule has 0 aromatic heterocycles. The number of hydrogen-bond donors (Lipinski definition) is 0. The first-order valence-corrected chi connectivity index (χ1v) is 10.6. The van der Waals surface area contributed by atoms with Crippen LogP contribution < -0.4 is 0 Å². The molecule has 0 atom stereocenters. The molecule has 0 N–H and O–H groups in total. The molecular weight excluding hydrogens is 306 g/mol. The molecule has 0 radical (unpaired) electrons. The number of ketones is 1. The van der Waals surface area contributed by atoms with Crippen molar-refractivity contribution in [3.63, 3.8) is 0 Å². The molecule has 0 saturated heterocycles. The summed E-state index contributed by atoms with van der Waals surface area (Å²) in [5, 5.41) is 8.48. The van der Waals surface area contributed by atoms with Gasteiger partial charge in [0.1, 0.15) is 0 Å². The highest BCUT2D eigenvalue weighted by molar-refractivity contribution is 5.99. The first-order valence-electron chi connectivity index (χ1n) is 10.6. The second-order valence-electron chi connectivity index (χ2n) is 8.49. The Bertz CT molecular complexity index is 467. The lowest BCUT2D eigenvalue weighted by Crippen LogP contribution is -2.11. The van der Waals surface area contributed by atoms with Crippen molar-refractivity contribution in [3.8, 4) is 6.07 Å². The first-order chi connectivity index (χ1) is 12.0. The Labute approximate surface area is 156 Å². The van der Waals surface area contributed by atoms with E-state index in [1.807, 2.05) is 6.92 Å². The zero-order valence-corrected chi connectivity index (χ0v) is 17.0. The van der Waals surface area contributed by atoms with E-state index in [0.29, 0.717) is 12.2 Å². The molecule has 0 heterocycles. The highest BCUT2D eigenvalue weighted by Gasteiger charge is 2.35. The molecule has 142 valence electrons. The lowest BCUT2D eigenvalue weighted by molar-refractivity contribution is -0.115. The van der Waals surface area contributed by atoms with Gasteiger partial charge in [-0.1, -0.05) is 83.6 Å². The lowest BCUT2D eigenvalue weighted by Gasteiger charge is -2.22. The number of carbonyl (C=O) groups excluding carboxylic acids is 1. The summed E-state index contributed by atoms with van der Waals surface area (Å²) >= 11 is 0. The number of nitrogens with zero attached hydrogens (tertiary/aromatic N) is 1. The lowest BCUT2D eigenvalue weighted by atomic mass is 9.82. The van der Waals surface area contributed by atoms with E-state index in [4.69, 9.17) is 5.26 Å². The van der Waals surface area contributed by atoms with Crippen LogP contribution in [-0.2, 0) is 4.79 Å². The minimum atomic E-state index is 0.107. The summed E-state index contributed by atoms with van der Waals surface area (Å²) in [6.45, 7) is 6.47. The van der Waals surface area contributed by atoms with Crippen molar-refractivity contribution in [1.82, 2.24) is 0 Å².